The lowest BCUT2D eigenvalue weighted by Gasteiger charge is -2.14. The van der Waals surface area contributed by atoms with E-state index < -0.39 is 0 Å². The van der Waals surface area contributed by atoms with Gasteiger partial charge in [0.2, 0.25) is 0 Å². The highest BCUT2D eigenvalue weighted by molar-refractivity contribution is 9.09. The summed E-state index contributed by atoms with van der Waals surface area (Å²) in [6.07, 6.45) is 0.552. The largest absolute Gasteiger partial charge is 0.207 e. The normalized spacial score (nSPS) is 15.2. The lowest BCUT2D eigenvalue weighted by atomic mass is 9.98. The van der Waals surface area contributed by atoms with Gasteiger partial charge in [0.1, 0.15) is 11.6 Å². The van der Waals surface area contributed by atoms with E-state index in [0.717, 1.165) is 6.07 Å². The molecule has 0 bridgehead atoms. The predicted molar refractivity (Wildman–Crippen MR) is 57.6 cm³/mol. The number of hydrogen-bond acceptors (Lipinski definition) is 0. The molecule has 78 valence electrons. The molecule has 1 rings (SSSR count). The summed E-state index contributed by atoms with van der Waals surface area (Å²) in [5.74, 6) is -0.423. The van der Waals surface area contributed by atoms with Crippen molar-refractivity contribution < 1.29 is 8.78 Å². The Morgan fingerprint density at radius 1 is 1.29 bits per heavy atom. The highest BCUT2D eigenvalue weighted by atomic mass is 79.9. The molecule has 0 radical (unpaired) electrons. The van der Waals surface area contributed by atoms with Crippen molar-refractivity contribution in [2.75, 3.05) is 0 Å². The van der Waals surface area contributed by atoms with Gasteiger partial charge in [-0.2, -0.15) is 0 Å². The fourth-order valence-corrected chi connectivity index (χ4v) is 1.40. The molecule has 0 saturated heterocycles. The van der Waals surface area contributed by atoms with Gasteiger partial charge in [-0.25, -0.2) is 8.78 Å². The van der Waals surface area contributed by atoms with Crippen molar-refractivity contribution in [1.82, 2.24) is 0 Å². The van der Waals surface area contributed by atoms with Crippen molar-refractivity contribution in [3.63, 3.8) is 0 Å². The van der Waals surface area contributed by atoms with E-state index in [1.54, 1.807) is 0 Å². The minimum atomic E-state index is -0.379. The molecular formula is C11H13BrF2. The molecule has 0 aliphatic carbocycles. The fraction of sp³-hybridized carbons (Fsp3) is 0.455. The maximum atomic E-state index is 13.2. The summed E-state index contributed by atoms with van der Waals surface area (Å²) in [7, 11) is 0. The summed E-state index contributed by atoms with van der Waals surface area (Å²) in [6, 6.07) is 3.58. The third-order valence-corrected chi connectivity index (χ3v) is 3.24. The molecule has 0 aliphatic rings. The van der Waals surface area contributed by atoms with Crippen LogP contribution in [0.1, 0.15) is 19.4 Å². The lowest BCUT2D eigenvalue weighted by Crippen LogP contribution is -2.10. The van der Waals surface area contributed by atoms with Gasteiger partial charge in [0.25, 0.3) is 0 Å². The Labute approximate surface area is 91.5 Å². The van der Waals surface area contributed by atoms with Crippen LogP contribution in [0.5, 0.6) is 0 Å². The molecule has 0 saturated carbocycles. The van der Waals surface area contributed by atoms with Crippen LogP contribution in [0.2, 0.25) is 0 Å². The Balaban J connectivity index is 2.80. The van der Waals surface area contributed by atoms with Gasteiger partial charge in [0.05, 0.1) is 0 Å². The molecule has 0 aromatic heterocycles. The fourth-order valence-electron chi connectivity index (χ4n) is 1.21. The van der Waals surface area contributed by atoms with E-state index in [2.05, 4.69) is 15.9 Å². The zero-order valence-electron chi connectivity index (χ0n) is 8.23. The van der Waals surface area contributed by atoms with Crippen LogP contribution in [0.3, 0.4) is 0 Å². The Morgan fingerprint density at radius 3 is 2.50 bits per heavy atom. The van der Waals surface area contributed by atoms with Crippen molar-refractivity contribution in [2.45, 2.75) is 25.1 Å². The first-order valence-corrected chi connectivity index (χ1v) is 5.50. The summed E-state index contributed by atoms with van der Waals surface area (Å²) in [4.78, 5) is 0.296. The Bertz CT molecular complexity index is 310. The smallest absolute Gasteiger partial charge is 0.126 e. The molecule has 0 amide bonds. The third kappa shape index (κ3) is 3.05. The van der Waals surface area contributed by atoms with Crippen LogP contribution in [-0.2, 0) is 6.42 Å². The second-order valence-electron chi connectivity index (χ2n) is 3.59. The molecule has 3 heteroatoms. The van der Waals surface area contributed by atoms with Gasteiger partial charge >= 0.3 is 0 Å². The molecular weight excluding hydrogens is 250 g/mol. The predicted octanol–water partition coefficient (Wildman–Crippen LogP) is 3.93. The van der Waals surface area contributed by atoms with E-state index in [0.29, 0.717) is 16.8 Å². The molecule has 14 heavy (non-hydrogen) atoms. The Morgan fingerprint density at radius 2 is 1.93 bits per heavy atom. The van der Waals surface area contributed by atoms with Gasteiger partial charge in [0, 0.05) is 4.83 Å². The number of rotatable bonds is 3. The van der Waals surface area contributed by atoms with Gasteiger partial charge < -0.3 is 0 Å². The maximum Gasteiger partial charge on any atom is 0.126 e. The maximum absolute atomic E-state index is 13.2. The first-order valence-electron chi connectivity index (χ1n) is 4.58. The van der Waals surface area contributed by atoms with Crippen LogP contribution < -0.4 is 0 Å². The second kappa shape index (κ2) is 4.87. The van der Waals surface area contributed by atoms with Crippen LogP contribution in [0.15, 0.2) is 18.2 Å². The number of hydrogen-bond donors (Lipinski definition) is 0. The highest BCUT2D eigenvalue weighted by Gasteiger charge is 2.12. The minimum Gasteiger partial charge on any atom is -0.207 e. The number of alkyl halides is 1. The van der Waals surface area contributed by atoms with Crippen LogP contribution in [0.25, 0.3) is 0 Å². The summed E-state index contributed by atoms with van der Waals surface area (Å²) in [5, 5.41) is 0. The van der Waals surface area contributed by atoms with Crippen LogP contribution in [0.4, 0.5) is 8.78 Å². The average molecular weight is 263 g/mol. The first-order chi connectivity index (χ1) is 6.50. The molecule has 1 aromatic carbocycles. The Hall–Kier alpha value is -0.440. The molecule has 0 N–H and O–H groups in total. The van der Waals surface area contributed by atoms with Crippen LogP contribution >= 0.6 is 15.9 Å². The topological polar surface area (TPSA) is 0 Å². The zero-order valence-corrected chi connectivity index (χ0v) is 9.81. The van der Waals surface area contributed by atoms with Gasteiger partial charge in [-0.15, -0.1) is 0 Å². The van der Waals surface area contributed by atoms with Crippen LogP contribution in [-0.4, -0.2) is 4.83 Å². The van der Waals surface area contributed by atoms with Crippen molar-refractivity contribution in [3.05, 3.63) is 35.4 Å². The van der Waals surface area contributed by atoms with Crippen molar-refractivity contribution in [3.8, 4) is 0 Å². The minimum absolute atomic E-state index is 0.284. The Kier molecular flexibility index (Phi) is 4.05. The molecule has 0 aliphatic heterocycles. The summed E-state index contributed by atoms with van der Waals surface area (Å²) < 4.78 is 26.0. The van der Waals surface area contributed by atoms with Crippen molar-refractivity contribution in [1.29, 1.82) is 0 Å². The SMILES string of the molecule is CC(Br)C(C)Cc1cc(F)ccc1F. The lowest BCUT2D eigenvalue weighted by molar-refractivity contribution is 0.535. The van der Waals surface area contributed by atoms with E-state index in [1.165, 1.54) is 12.1 Å². The monoisotopic (exact) mass is 262 g/mol. The molecule has 2 unspecified atom stereocenters. The summed E-state index contributed by atoms with van der Waals surface area (Å²) >= 11 is 3.42. The standard InChI is InChI=1S/C11H13BrF2/c1-7(8(2)12)5-9-6-10(13)3-4-11(9)14/h3-4,6-8H,5H2,1-2H3. The number of benzene rings is 1. The average Bonchev–Trinajstić information content (AvgIpc) is 2.11. The van der Waals surface area contributed by atoms with Crippen LogP contribution in [0, 0.1) is 17.6 Å². The highest BCUT2D eigenvalue weighted by Crippen LogP contribution is 2.20. The molecule has 1 aromatic rings. The van der Waals surface area contributed by atoms with Crippen molar-refractivity contribution in [2.24, 2.45) is 5.92 Å². The zero-order chi connectivity index (χ0) is 10.7. The van der Waals surface area contributed by atoms with E-state index in [1.807, 2.05) is 13.8 Å². The number of halogens is 3. The molecule has 0 heterocycles. The van der Waals surface area contributed by atoms with E-state index in [-0.39, 0.29) is 17.6 Å². The molecule has 2 atom stereocenters. The first kappa shape index (κ1) is 11.6. The summed E-state index contributed by atoms with van der Waals surface area (Å²) in [5.41, 5.74) is 0.448. The van der Waals surface area contributed by atoms with Gasteiger partial charge in [-0.1, -0.05) is 29.8 Å². The van der Waals surface area contributed by atoms with E-state index in [9.17, 15) is 8.78 Å². The van der Waals surface area contributed by atoms with E-state index in [4.69, 9.17) is 0 Å². The molecule has 0 fully saturated rings. The van der Waals surface area contributed by atoms with Gasteiger partial charge in [0.15, 0.2) is 0 Å². The van der Waals surface area contributed by atoms with Gasteiger partial charge in [-0.05, 0) is 36.1 Å². The molecule has 0 spiro atoms. The van der Waals surface area contributed by atoms with Crippen molar-refractivity contribution >= 4 is 15.9 Å². The summed E-state index contributed by atoms with van der Waals surface area (Å²) in [6.45, 7) is 4.01. The third-order valence-electron chi connectivity index (χ3n) is 2.33. The van der Waals surface area contributed by atoms with Gasteiger partial charge in [-0.3, -0.25) is 0 Å². The molecule has 0 nitrogen and oxygen atoms in total. The quantitative estimate of drug-likeness (QED) is 0.725. The van der Waals surface area contributed by atoms with E-state index >= 15 is 0 Å². The second-order valence-corrected chi connectivity index (χ2v) is 5.04.